The van der Waals surface area contributed by atoms with Crippen molar-refractivity contribution in [3.05, 3.63) is 29.6 Å². The maximum absolute atomic E-state index is 13.1. The fraction of sp³-hybridized carbons (Fsp3) is 0.533. The molecule has 1 aromatic rings. The van der Waals surface area contributed by atoms with Crippen LogP contribution in [0, 0.1) is 22.6 Å². The molecule has 0 unspecified atom stereocenters. The number of hydrogen-bond acceptors (Lipinski definition) is 3. The second-order valence-electron chi connectivity index (χ2n) is 5.77. The molecule has 0 bridgehead atoms. The molecule has 3 nitrogen and oxygen atoms in total. The summed E-state index contributed by atoms with van der Waals surface area (Å²) in [7, 11) is 2.14. The fourth-order valence-corrected chi connectivity index (χ4v) is 2.41. The number of nitriles is 1. The van der Waals surface area contributed by atoms with E-state index in [9.17, 15) is 4.39 Å². The molecule has 0 spiro atoms. The Morgan fingerprint density at radius 3 is 2.74 bits per heavy atom. The van der Waals surface area contributed by atoms with Crippen molar-refractivity contribution in [2.75, 3.05) is 32.0 Å². The largest absolute Gasteiger partial charge is 0.383 e. The van der Waals surface area contributed by atoms with Gasteiger partial charge >= 0.3 is 0 Å². The van der Waals surface area contributed by atoms with Crippen LogP contribution in [0.1, 0.15) is 25.3 Å². The number of benzene rings is 1. The zero-order chi connectivity index (χ0) is 13.9. The molecule has 0 saturated carbocycles. The third-order valence-corrected chi connectivity index (χ3v) is 4.00. The molecule has 0 amide bonds. The van der Waals surface area contributed by atoms with Gasteiger partial charge in [-0.25, -0.2) is 4.39 Å². The van der Waals surface area contributed by atoms with Gasteiger partial charge in [-0.1, -0.05) is 6.92 Å². The van der Waals surface area contributed by atoms with E-state index < -0.39 is 0 Å². The molecule has 1 fully saturated rings. The molecular weight excluding hydrogens is 241 g/mol. The van der Waals surface area contributed by atoms with Crippen LogP contribution in [-0.2, 0) is 0 Å². The quantitative estimate of drug-likeness (QED) is 0.909. The third-order valence-electron chi connectivity index (χ3n) is 4.00. The number of hydrogen-bond donors (Lipinski definition) is 1. The first-order chi connectivity index (χ1) is 9.02. The Kier molecular flexibility index (Phi) is 4.06. The van der Waals surface area contributed by atoms with Crippen molar-refractivity contribution in [2.45, 2.75) is 19.8 Å². The van der Waals surface area contributed by atoms with Crippen LogP contribution in [0.4, 0.5) is 10.1 Å². The first kappa shape index (κ1) is 13.8. The van der Waals surface area contributed by atoms with E-state index in [-0.39, 0.29) is 11.2 Å². The predicted octanol–water partition coefficient (Wildman–Crippen LogP) is 2.84. The lowest BCUT2D eigenvalue weighted by Crippen LogP contribution is -2.40. The van der Waals surface area contributed by atoms with Crippen molar-refractivity contribution in [1.29, 1.82) is 5.26 Å². The summed E-state index contributed by atoms with van der Waals surface area (Å²) < 4.78 is 13.1. The van der Waals surface area contributed by atoms with Crippen molar-refractivity contribution in [3.8, 4) is 6.07 Å². The summed E-state index contributed by atoms with van der Waals surface area (Å²) in [5, 5.41) is 12.3. The van der Waals surface area contributed by atoms with Gasteiger partial charge in [0.1, 0.15) is 11.9 Å². The normalized spacial score (nSPS) is 18.8. The Labute approximate surface area is 114 Å². The highest BCUT2D eigenvalue weighted by molar-refractivity contribution is 5.57. The average molecular weight is 261 g/mol. The van der Waals surface area contributed by atoms with Crippen LogP contribution >= 0.6 is 0 Å². The summed E-state index contributed by atoms with van der Waals surface area (Å²) in [6.07, 6.45) is 2.28. The second kappa shape index (κ2) is 5.58. The van der Waals surface area contributed by atoms with E-state index in [1.807, 2.05) is 6.07 Å². The molecule has 4 heteroatoms. The molecule has 1 aromatic carbocycles. The van der Waals surface area contributed by atoms with Crippen LogP contribution in [0.2, 0.25) is 0 Å². The summed E-state index contributed by atoms with van der Waals surface area (Å²) in [5.41, 5.74) is 1.34. The zero-order valence-electron chi connectivity index (χ0n) is 11.5. The number of likely N-dealkylation sites (tertiary alicyclic amines) is 1. The summed E-state index contributed by atoms with van der Waals surface area (Å²) in [4.78, 5) is 2.33. The lowest BCUT2D eigenvalue weighted by Gasteiger charge is -2.38. The molecule has 1 heterocycles. The summed E-state index contributed by atoms with van der Waals surface area (Å²) in [5.74, 6) is -0.368. The number of nitrogens with zero attached hydrogens (tertiary/aromatic N) is 2. The minimum atomic E-state index is -0.368. The zero-order valence-corrected chi connectivity index (χ0v) is 11.5. The summed E-state index contributed by atoms with van der Waals surface area (Å²) in [6.45, 7) is 5.29. The first-order valence-electron chi connectivity index (χ1n) is 6.64. The smallest absolute Gasteiger partial charge is 0.124 e. The Bertz CT molecular complexity index is 485. The maximum atomic E-state index is 13.1. The van der Waals surface area contributed by atoms with Gasteiger partial charge in [0.25, 0.3) is 0 Å². The Morgan fingerprint density at radius 1 is 1.42 bits per heavy atom. The topological polar surface area (TPSA) is 39.1 Å². The van der Waals surface area contributed by atoms with Gasteiger partial charge in [0.05, 0.1) is 11.3 Å². The molecule has 0 atom stereocenters. The molecule has 19 heavy (non-hydrogen) atoms. The van der Waals surface area contributed by atoms with Gasteiger partial charge in [0.2, 0.25) is 0 Å². The average Bonchev–Trinajstić information content (AvgIpc) is 2.41. The van der Waals surface area contributed by atoms with Gasteiger partial charge in [0.15, 0.2) is 0 Å². The van der Waals surface area contributed by atoms with Crippen molar-refractivity contribution in [1.82, 2.24) is 4.90 Å². The monoisotopic (exact) mass is 261 g/mol. The third kappa shape index (κ3) is 3.45. The lowest BCUT2D eigenvalue weighted by molar-refractivity contribution is 0.150. The van der Waals surface area contributed by atoms with Crippen LogP contribution in [0.5, 0.6) is 0 Å². The molecule has 0 aliphatic carbocycles. The van der Waals surface area contributed by atoms with Crippen molar-refractivity contribution in [3.63, 3.8) is 0 Å². The minimum Gasteiger partial charge on any atom is -0.383 e. The minimum absolute atomic E-state index is 0.244. The molecular formula is C15H20FN3. The van der Waals surface area contributed by atoms with E-state index in [4.69, 9.17) is 5.26 Å². The van der Waals surface area contributed by atoms with Gasteiger partial charge in [-0.2, -0.15) is 5.26 Å². The first-order valence-corrected chi connectivity index (χ1v) is 6.64. The Morgan fingerprint density at radius 2 is 2.11 bits per heavy atom. The van der Waals surface area contributed by atoms with Crippen molar-refractivity contribution in [2.24, 2.45) is 5.41 Å². The van der Waals surface area contributed by atoms with Gasteiger partial charge in [0, 0.05) is 6.54 Å². The predicted molar refractivity (Wildman–Crippen MR) is 74.4 cm³/mol. The molecule has 2 rings (SSSR count). The number of halogens is 1. The highest BCUT2D eigenvalue weighted by Crippen LogP contribution is 2.31. The molecule has 102 valence electrons. The van der Waals surface area contributed by atoms with Crippen molar-refractivity contribution < 1.29 is 4.39 Å². The molecule has 0 radical (unpaired) electrons. The van der Waals surface area contributed by atoms with E-state index >= 15 is 0 Å². The van der Waals surface area contributed by atoms with Gasteiger partial charge in [-0.05, 0) is 56.6 Å². The standard InChI is InChI=1S/C15H20FN3/c1-15(5-7-19(2)8-6-15)11-18-14-4-3-13(16)9-12(14)10-17/h3-4,9,18H,5-8,11H2,1-2H3. The van der Waals surface area contributed by atoms with E-state index in [1.165, 1.54) is 12.1 Å². The maximum Gasteiger partial charge on any atom is 0.124 e. The Balaban J connectivity index is 2.01. The second-order valence-corrected chi connectivity index (χ2v) is 5.77. The molecule has 1 N–H and O–H groups in total. The SMILES string of the molecule is CN1CCC(C)(CNc2ccc(F)cc2C#N)CC1. The number of anilines is 1. The van der Waals surface area contributed by atoms with E-state index in [1.54, 1.807) is 6.07 Å². The number of piperidine rings is 1. The molecule has 1 aliphatic rings. The van der Waals surface area contributed by atoms with E-state index in [2.05, 4.69) is 24.2 Å². The highest BCUT2D eigenvalue weighted by Gasteiger charge is 2.28. The van der Waals surface area contributed by atoms with Crippen LogP contribution in [0.15, 0.2) is 18.2 Å². The van der Waals surface area contributed by atoms with Crippen LogP contribution < -0.4 is 5.32 Å². The molecule has 1 aliphatic heterocycles. The van der Waals surface area contributed by atoms with Crippen LogP contribution in [0.3, 0.4) is 0 Å². The summed E-state index contributed by atoms with van der Waals surface area (Å²) >= 11 is 0. The summed E-state index contributed by atoms with van der Waals surface area (Å²) in [6, 6.07) is 6.34. The Hall–Kier alpha value is -1.60. The fourth-order valence-electron chi connectivity index (χ4n) is 2.41. The number of rotatable bonds is 3. The van der Waals surface area contributed by atoms with Gasteiger partial charge in [-0.3, -0.25) is 0 Å². The molecule has 0 aromatic heterocycles. The van der Waals surface area contributed by atoms with Gasteiger partial charge < -0.3 is 10.2 Å². The lowest BCUT2D eigenvalue weighted by atomic mass is 9.80. The highest BCUT2D eigenvalue weighted by atomic mass is 19.1. The molecule has 1 saturated heterocycles. The van der Waals surface area contributed by atoms with Crippen LogP contribution in [-0.4, -0.2) is 31.6 Å². The van der Waals surface area contributed by atoms with Gasteiger partial charge in [-0.15, -0.1) is 0 Å². The van der Waals surface area contributed by atoms with E-state index in [0.717, 1.165) is 38.2 Å². The van der Waals surface area contributed by atoms with Crippen LogP contribution in [0.25, 0.3) is 0 Å². The van der Waals surface area contributed by atoms with Crippen molar-refractivity contribution >= 4 is 5.69 Å². The number of nitrogens with one attached hydrogen (secondary N) is 1. The van der Waals surface area contributed by atoms with E-state index in [0.29, 0.717) is 5.56 Å².